The lowest BCUT2D eigenvalue weighted by Gasteiger charge is -2.58. The molecule has 42 heavy (non-hydrogen) atoms. The van der Waals surface area contributed by atoms with Crippen molar-refractivity contribution in [1.82, 2.24) is 0 Å². The predicted molar refractivity (Wildman–Crippen MR) is 161 cm³/mol. The summed E-state index contributed by atoms with van der Waals surface area (Å²) < 4.78 is 77.4. The van der Waals surface area contributed by atoms with E-state index in [1.165, 1.54) is 63.6 Å². The summed E-state index contributed by atoms with van der Waals surface area (Å²) >= 11 is 0. The van der Waals surface area contributed by atoms with Crippen LogP contribution in [0.3, 0.4) is 0 Å². The van der Waals surface area contributed by atoms with Crippen molar-refractivity contribution >= 4 is 13.5 Å². The average molecular weight is 611 g/mol. The molecule has 1 aromatic carbocycles. The number of benzene rings is 1. The molecule has 5 rings (SSSR count). The van der Waals surface area contributed by atoms with E-state index in [1.54, 1.807) is 0 Å². The fraction of sp³-hybridized carbons (Fsp3) is 0.771. The van der Waals surface area contributed by atoms with Crippen LogP contribution in [0.2, 0.25) is 13.1 Å². The minimum Gasteiger partial charge on any atom is -0.409 e. The Labute approximate surface area is 251 Å². The molecule has 8 atom stereocenters. The normalized spacial score (nSPS) is 35.5. The summed E-state index contributed by atoms with van der Waals surface area (Å²) in [6.45, 7) is 15.2. The van der Waals surface area contributed by atoms with E-state index in [-0.39, 0.29) is 11.5 Å². The van der Waals surface area contributed by atoms with Gasteiger partial charge in [0.15, 0.2) is 23.3 Å². The lowest BCUT2D eigenvalue weighted by Crippen LogP contribution is -2.54. The monoisotopic (exact) mass is 610 g/mol. The average Bonchev–Trinajstić information content (AvgIpc) is 3.28. The van der Waals surface area contributed by atoms with E-state index in [0.717, 1.165) is 42.9 Å². The second-order valence-corrected chi connectivity index (χ2v) is 19.5. The molecule has 0 aliphatic heterocycles. The lowest BCUT2D eigenvalue weighted by atomic mass is 9.47. The van der Waals surface area contributed by atoms with Gasteiger partial charge in [-0.3, -0.25) is 0 Å². The Morgan fingerprint density at radius 2 is 1.48 bits per heavy atom. The Balaban J connectivity index is 1.30. The summed E-state index contributed by atoms with van der Waals surface area (Å²) in [6, 6.07) is 0. The van der Waals surface area contributed by atoms with Gasteiger partial charge in [-0.25, -0.2) is 22.0 Å². The van der Waals surface area contributed by atoms with Gasteiger partial charge in [0.2, 0.25) is 14.1 Å². The van der Waals surface area contributed by atoms with Crippen LogP contribution in [0.1, 0.15) is 105 Å². The lowest BCUT2D eigenvalue weighted by molar-refractivity contribution is -0.0562. The zero-order chi connectivity index (χ0) is 30.8. The molecule has 0 amide bonds. The highest BCUT2D eigenvalue weighted by Gasteiger charge is 2.59. The zero-order valence-corrected chi connectivity index (χ0v) is 27.7. The first-order chi connectivity index (χ1) is 19.6. The molecule has 1 aromatic rings. The molecule has 1 nitrogen and oxygen atoms in total. The van der Waals surface area contributed by atoms with Crippen LogP contribution >= 0.6 is 0 Å². The molecular weight excluding hydrogens is 559 g/mol. The highest BCUT2D eigenvalue weighted by molar-refractivity contribution is 6.84. The quantitative estimate of drug-likeness (QED) is 0.0936. The molecule has 0 radical (unpaired) electrons. The number of allylic oxidation sites excluding steroid dienone is 1. The topological polar surface area (TPSA) is 9.23 Å². The van der Waals surface area contributed by atoms with Gasteiger partial charge in [0, 0.05) is 11.3 Å². The third-order valence-corrected chi connectivity index (χ3v) is 15.1. The molecule has 0 saturated heterocycles. The SMILES string of the molecule is CC(C)CCC[C@@H](C)[C@H]1CC[C@H]2[C@@H]3CC=C4C[C@@H](O[Si](C)(C)c5c(F)c(F)c(F)c(F)c5F)CC[C@]4(C)[C@H]3CC[C@]12C. The van der Waals surface area contributed by atoms with Crippen LogP contribution in [0, 0.1) is 75.4 Å². The third kappa shape index (κ3) is 5.35. The molecule has 0 aromatic heterocycles. The minimum absolute atomic E-state index is 0.0847. The molecule has 0 N–H and O–H groups in total. The van der Waals surface area contributed by atoms with Crippen molar-refractivity contribution in [2.24, 2.45) is 46.3 Å². The molecule has 4 aliphatic carbocycles. The first-order valence-corrected chi connectivity index (χ1v) is 19.4. The Kier molecular flexibility index (Phi) is 8.90. The molecule has 3 fully saturated rings. The molecule has 0 spiro atoms. The maximum absolute atomic E-state index is 14.7. The van der Waals surface area contributed by atoms with Gasteiger partial charge in [-0.05, 0) is 111 Å². The molecular formula is C35H51F5OSi. The van der Waals surface area contributed by atoms with Gasteiger partial charge >= 0.3 is 0 Å². The summed E-state index contributed by atoms with van der Waals surface area (Å²) in [5, 5.41) is -0.759. The minimum atomic E-state index is -3.44. The summed E-state index contributed by atoms with van der Waals surface area (Å²) in [5.74, 6) is -4.96. The third-order valence-electron chi connectivity index (χ3n) is 12.5. The van der Waals surface area contributed by atoms with Crippen molar-refractivity contribution in [2.75, 3.05) is 0 Å². The van der Waals surface area contributed by atoms with Gasteiger partial charge in [0.1, 0.15) is 0 Å². The van der Waals surface area contributed by atoms with E-state index in [1.807, 2.05) is 0 Å². The van der Waals surface area contributed by atoms with Gasteiger partial charge < -0.3 is 4.43 Å². The van der Waals surface area contributed by atoms with Gasteiger partial charge in [-0.15, -0.1) is 0 Å². The van der Waals surface area contributed by atoms with E-state index in [0.29, 0.717) is 23.7 Å². The maximum Gasteiger partial charge on any atom is 0.225 e. The van der Waals surface area contributed by atoms with Crippen LogP contribution in [0.25, 0.3) is 0 Å². The molecule has 0 heterocycles. The second-order valence-electron chi connectivity index (χ2n) is 15.7. The highest BCUT2D eigenvalue weighted by Crippen LogP contribution is 2.67. The second kappa shape index (κ2) is 11.6. The Hall–Kier alpha value is -1.21. The van der Waals surface area contributed by atoms with Crippen molar-refractivity contribution in [3.63, 3.8) is 0 Å². The van der Waals surface area contributed by atoms with Crippen LogP contribution in [-0.2, 0) is 4.43 Å². The van der Waals surface area contributed by atoms with E-state index >= 15 is 0 Å². The van der Waals surface area contributed by atoms with E-state index in [4.69, 9.17) is 4.43 Å². The largest absolute Gasteiger partial charge is 0.409 e. The van der Waals surface area contributed by atoms with E-state index in [2.05, 4.69) is 40.7 Å². The Morgan fingerprint density at radius 1 is 0.833 bits per heavy atom. The standard InChI is InChI=1S/C35H51F5OSi/c1-20(2)9-8-10-21(3)25-13-14-26-24-12-11-22-19-23(15-17-34(22,4)27(24)16-18-35(25,26)5)41-42(6,7)33-31(39)29(37)28(36)30(38)32(33)40/h11,20-21,23-27H,8-10,12-19H2,1-7H3/t21-,23+,24+,25-,26+,27+,34+,35-/m1/s1. The van der Waals surface area contributed by atoms with Crippen molar-refractivity contribution in [3.8, 4) is 0 Å². The van der Waals surface area contributed by atoms with Gasteiger partial charge in [-0.2, -0.15) is 0 Å². The fourth-order valence-electron chi connectivity index (χ4n) is 10.4. The smallest absolute Gasteiger partial charge is 0.225 e. The number of halogens is 5. The van der Waals surface area contributed by atoms with Crippen LogP contribution in [0.5, 0.6) is 0 Å². The van der Waals surface area contributed by atoms with Gasteiger partial charge in [0.05, 0.1) is 0 Å². The molecule has 3 saturated carbocycles. The maximum atomic E-state index is 14.7. The van der Waals surface area contributed by atoms with Crippen molar-refractivity contribution < 1.29 is 26.4 Å². The summed E-state index contributed by atoms with van der Waals surface area (Å²) in [5.41, 5.74) is 1.88. The number of fused-ring (bicyclic) bond motifs is 5. The zero-order valence-electron chi connectivity index (χ0n) is 26.7. The summed E-state index contributed by atoms with van der Waals surface area (Å²) in [6.07, 6.45) is 14.8. The Morgan fingerprint density at radius 3 is 2.12 bits per heavy atom. The Bertz CT molecular complexity index is 1180. The molecule has 4 aliphatic rings. The van der Waals surface area contributed by atoms with Crippen LogP contribution in [-0.4, -0.2) is 14.4 Å². The number of rotatable bonds is 8. The fourth-order valence-corrected chi connectivity index (χ4v) is 12.8. The predicted octanol–water partition coefficient (Wildman–Crippen LogP) is 10.2. The van der Waals surface area contributed by atoms with Crippen LogP contribution in [0.15, 0.2) is 11.6 Å². The first kappa shape index (κ1) is 32.2. The number of hydrogen-bond donors (Lipinski definition) is 0. The van der Waals surface area contributed by atoms with Crippen molar-refractivity contribution in [2.45, 2.75) is 124 Å². The van der Waals surface area contributed by atoms with Crippen LogP contribution in [0.4, 0.5) is 22.0 Å². The summed E-state index contributed by atoms with van der Waals surface area (Å²) in [4.78, 5) is 0. The highest BCUT2D eigenvalue weighted by atomic mass is 28.4. The molecule has 7 heteroatoms. The molecule has 236 valence electrons. The first-order valence-electron chi connectivity index (χ1n) is 16.5. The van der Waals surface area contributed by atoms with Gasteiger partial charge in [-0.1, -0.05) is 65.5 Å². The van der Waals surface area contributed by atoms with E-state index in [9.17, 15) is 22.0 Å². The van der Waals surface area contributed by atoms with Crippen LogP contribution < -0.4 is 5.19 Å². The number of hydrogen-bond acceptors (Lipinski definition) is 1. The van der Waals surface area contributed by atoms with Crippen molar-refractivity contribution in [3.05, 3.63) is 40.7 Å². The molecule has 0 bridgehead atoms. The van der Waals surface area contributed by atoms with Gasteiger partial charge in [0.25, 0.3) is 0 Å². The molecule has 0 unspecified atom stereocenters. The summed E-state index contributed by atoms with van der Waals surface area (Å²) in [7, 11) is -3.44. The van der Waals surface area contributed by atoms with E-state index < -0.39 is 42.6 Å². The van der Waals surface area contributed by atoms with Crippen molar-refractivity contribution in [1.29, 1.82) is 0 Å².